The second-order valence-corrected chi connectivity index (χ2v) is 12.6. The zero-order chi connectivity index (χ0) is 36.0. The van der Waals surface area contributed by atoms with E-state index in [0.717, 1.165) is 13.0 Å². The van der Waals surface area contributed by atoms with Crippen molar-refractivity contribution < 1.29 is 36.2 Å². The molecule has 2 heterocycles. The third-order valence-electron chi connectivity index (χ3n) is 9.14. The number of hydrogen-bond donors (Lipinski definition) is 1. The van der Waals surface area contributed by atoms with E-state index in [2.05, 4.69) is 15.3 Å². The van der Waals surface area contributed by atoms with Gasteiger partial charge in [-0.25, -0.2) is 18.8 Å². The van der Waals surface area contributed by atoms with Crippen molar-refractivity contribution in [2.24, 2.45) is 4.99 Å². The van der Waals surface area contributed by atoms with Crippen molar-refractivity contribution in [1.82, 2.24) is 10.3 Å². The van der Waals surface area contributed by atoms with Crippen molar-refractivity contribution in [2.45, 2.75) is 23.9 Å². The highest BCUT2D eigenvalue weighted by Gasteiger charge is 2.57. The molecule has 0 amide bonds. The van der Waals surface area contributed by atoms with E-state index in [4.69, 9.17) is 30.2 Å². The van der Waals surface area contributed by atoms with E-state index in [1.54, 1.807) is 50.6 Å². The summed E-state index contributed by atoms with van der Waals surface area (Å²) >= 11 is 6.07. The molecule has 0 saturated carbocycles. The smallest absolute Gasteiger partial charge is 0.310 e. The quantitative estimate of drug-likeness (QED) is 0.125. The first-order chi connectivity index (χ1) is 24.5. The van der Waals surface area contributed by atoms with Crippen molar-refractivity contribution in [3.63, 3.8) is 0 Å². The zero-order valence-electron chi connectivity index (χ0n) is 27.5. The van der Waals surface area contributed by atoms with Crippen LogP contribution in [-0.4, -0.2) is 37.8 Å². The summed E-state index contributed by atoms with van der Waals surface area (Å²) in [5.41, 5.74) is -2.15. The lowest BCUT2D eigenvalue weighted by atomic mass is 9.77. The van der Waals surface area contributed by atoms with Crippen LogP contribution in [0.2, 0.25) is 5.02 Å². The second-order valence-electron chi connectivity index (χ2n) is 12.1. The molecule has 1 aliphatic heterocycles. The molecule has 7 rings (SSSR count). The second kappa shape index (κ2) is 13.0. The first-order valence-corrected chi connectivity index (χ1v) is 16.1. The molecule has 0 bridgehead atoms. The fourth-order valence-corrected chi connectivity index (χ4v) is 6.45. The molecule has 12 heteroatoms. The lowest BCUT2D eigenvalue weighted by Gasteiger charge is -2.42. The summed E-state index contributed by atoms with van der Waals surface area (Å²) < 4.78 is 85.5. The molecule has 51 heavy (non-hydrogen) atoms. The summed E-state index contributed by atoms with van der Waals surface area (Å²) in [6, 6.07) is 29.5. The highest BCUT2D eigenvalue weighted by molar-refractivity contribution is 6.31. The van der Waals surface area contributed by atoms with E-state index in [0.29, 0.717) is 44.8 Å². The number of aromatic nitrogens is 1. The number of oxazole rings is 1. The Bertz CT molecular complexity index is 2200. The Morgan fingerprint density at radius 2 is 1.39 bits per heavy atom. The van der Waals surface area contributed by atoms with Gasteiger partial charge in [0, 0.05) is 22.7 Å². The van der Waals surface area contributed by atoms with E-state index in [9.17, 15) is 0 Å². The number of nitrogens with one attached hydrogen (secondary N) is 1. The number of nitrogens with zero attached hydrogens (tertiary/aromatic N) is 2. The van der Waals surface area contributed by atoms with Crippen LogP contribution >= 0.6 is 11.6 Å². The minimum absolute atomic E-state index is 0.240. The van der Waals surface area contributed by atoms with Gasteiger partial charge in [0.2, 0.25) is 5.89 Å². The van der Waals surface area contributed by atoms with Gasteiger partial charge in [0.1, 0.15) is 34.2 Å². The van der Waals surface area contributed by atoms with Gasteiger partial charge in [-0.2, -0.15) is 8.78 Å². The van der Waals surface area contributed by atoms with E-state index >= 15 is 17.6 Å². The van der Waals surface area contributed by atoms with Crippen LogP contribution in [0.3, 0.4) is 0 Å². The molecular formula is C39H30ClF4N3O4. The number of methoxy groups -OCH3 is 2. The van der Waals surface area contributed by atoms with Crippen LogP contribution in [0.5, 0.6) is 11.5 Å². The Hall–Kier alpha value is -5.55. The third kappa shape index (κ3) is 5.91. The van der Waals surface area contributed by atoms with Gasteiger partial charge in [0.15, 0.2) is 17.7 Å². The van der Waals surface area contributed by atoms with Crippen LogP contribution in [-0.2, 0) is 15.8 Å². The number of hydrogen-bond acceptors (Lipinski definition) is 7. The van der Waals surface area contributed by atoms with Crippen molar-refractivity contribution in [2.75, 3.05) is 20.8 Å². The fourth-order valence-electron chi connectivity index (χ4n) is 6.28. The molecule has 7 nitrogen and oxygen atoms in total. The van der Waals surface area contributed by atoms with E-state index in [-0.39, 0.29) is 23.1 Å². The first kappa shape index (κ1) is 33.9. The van der Waals surface area contributed by atoms with Crippen molar-refractivity contribution in [3.8, 4) is 23.0 Å². The lowest BCUT2D eigenvalue weighted by molar-refractivity contribution is -0.118. The normalized spacial score (nSPS) is 17.1. The molecule has 0 spiro atoms. The SMILES string of the molecule is COc1ccc(C(NC2=NC(C)(c3cc(-c4nc5ccc(Cl)cc5o4)c(F)cc3F)C(F)(F)CO2)(c2ccccc2)c2ccc(OC)cc2)cc1. The van der Waals surface area contributed by atoms with Gasteiger partial charge in [-0.15, -0.1) is 0 Å². The number of ether oxygens (including phenoxy) is 3. The average Bonchev–Trinajstić information content (AvgIpc) is 3.55. The number of benzene rings is 5. The lowest BCUT2D eigenvalue weighted by Crippen LogP contribution is -2.56. The molecule has 0 aliphatic carbocycles. The number of amidine groups is 1. The van der Waals surface area contributed by atoms with Crippen LogP contribution in [0.4, 0.5) is 17.6 Å². The van der Waals surface area contributed by atoms with Crippen LogP contribution in [0.15, 0.2) is 119 Å². The Morgan fingerprint density at radius 1 is 0.784 bits per heavy atom. The van der Waals surface area contributed by atoms with Crippen molar-refractivity contribution in [1.29, 1.82) is 0 Å². The highest BCUT2D eigenvalue weighted by atomic mass is 35.5. The zero-order valence-corrected chi connectivity index (χ0v) is 28.3. The number of aliphatic imine (C=N–C) groups is 1. The summed E-state index contributed by atoms with van der Waals surface area (Å²) in [4.78, 5) is 8.68. The maximum absolute atomic E-state index is 16.1. The highest BCUT2D eigenvalue weighted by Crippen LogP contribution is 2.47. The number of halogens is 5. The van der Waals surface area contributed by atoms with Crippen LogP contribution in [0, 0.1) is 11.6 Å². The molecule has 0 fully saturated rings. The Morgan fingerprint density at radius 3 is 2.00 bits per heavy atom. The van der Waals surface area contributed by atoms with E-state index in [1.165, 1.54) is 6.07 Å². The molecule has 1 atom stereocenters. The van der Waals surface area contributed by atoms with Gasteiger partial charge >= 0.3 is 5.92 Å². The fraction of sp³-hybridized carbons (Fsp3) is 0.179. The molecule has 6 aromatic rings. The monoisotopic (exact) mass is 715 g/mol. The molecular weight excluding hydrogens is 686 g/mol. The molecule has 260 valence electrons. The molecule has 1 unspecified atom stereocenters. The first-order valence-electron chi connectivity index (χ1n) is 15.8. The summed E-state index contributed by atoms with van der Waals surface area (Å²) in [5, 5.41) is 3.68. The van der Waals surface area contributed by atoms with E-state index in [1.807, 2.05) is 54.6 Å². The van der Waals surface area contributed by atoms with Crippen LogP contribution < -0.4 is 14.8 Å². The number of rotatable bonds is 8. The predicted molar refractivity (Wildman–Crippen MR) is 186 cm³/mol. The van der Waals surface area contributed by atoms with Gasteiger partial charge < -0.3 is 23.9 Å². The summed E-state index contributed by atoms with van der Waals surface area (Å²) in [5.74, 6) is -5.09. The largest absolute Gasteiger partial charge is 0.497 e. The van der Waals surface area contributed by atoms with Crippen LogP contribution in [0.1, 0.15) is 29.2 Å². The predicted octanol–water partition coefficient (Wildman–Crippen LogP) is 9.26. The topological polar surface area (TPSA) is 78.1 Å². The standard InChI is InChI=1S/C39H30ClF4N3O4/c1-37(30-20-29(31(41)21-32(30)42)35-45-33-18-13-26(40)19-34(33)51-35)38(43,44)22-50-36(46-37)47-39(23-7-5-4-6-8-23,24-9-14-27(48-2)15-10-24)25-11-16-28(49-3)17-12-25/h4-21H,22H2,1-3H3,(H,46,47). The maximum Gasteiger partial charge on any atom is 0.310 e. The van der Waals surface area contributed by atoms with Gasteiger partial charge in [-0.05, 0) is 66.1 Å². The Labute approximate surface area is 295 Å². The van der Waals surface area contributed by atoms with Gasteiger partial charge in [-0.1, -0.05) is 66.2 Å². The number of alkyl halides is 2. The van der Waals surface area contributed by atoms with Crippen molar-refractivity contribution >= 4 is 28.7 Å². The molecule has 5 aromatic carbocycles. The molecule has 1 aliphatic rings. The minimum atomic E-state index is -3.75. The van der Waals surface area contributed by atoms with Gasteiger partial charge in [0.25, 0.3) is 6.02 Å². The molecule has 1 N–H and O–H groups in total. The summed E-state index contributed by atoms with van der Waals surface area (Å²) in [7, 11) is 3.10. The van der Waals surface area contributed by atoms with Gasteiger partial charge in [-0.3, -0.25) is 0 Å². The Balaban J connectivity index is 1.41. The molecule has 0 saturated heterocycles. The minimum Gasteiger partial charge on any atom is -0.497 e. The average molecular weight is 716 g/mol. The van der Waals surface area contributed by atoms with E-state index < -0.39 is 40.8 Å². The molecule has 0 radical (unpaired) electrons. The van der Waals surface area contributed by atoms with Crippen molar-refractivity contribution in [3.05, 3.63) is 148 Å². The number of fused-ring (bicyclic) bond motifs is 1. The Kier molecular flexibility index (Phi) is 8.62. The third-order valence-corrected chi connectivity index (χ3v) is 9.37. The maximum atomic E-state index is 16.1. The molecule has 1 aromatic heterocycles. The van der Waals surface area contributed by atoms with Gasteiger partial charge in [0.05, 0.1) is 19.8 Å². The van der Waals surface area contributed by atoms with Crippen LogP contribution in [0.25, 0.3) is 22.6 Å². The summed E-state index contributed by atoms with van der Waals surface area (Å²) in [6.07, 6.45) is 0. The summed E-state index contributed by atoms with van der Waals surface area (Å²) in [6.45, 7) is -0.0902.